The summed E-state index contributed by atoms with van der Waals surface area (Å²) in [6.45, 7) is 0. The van der Waals surface area contributed by atoms with Gasteiger partial charge in [-0.05, 0) is 40.0 Å². The molecule has 0 radical (unpaired) electrons. The Morgan fingerprint density at radius 3 is 2.57 bits per heavy atom. The molecule has 74 valence electrons. The van der Waals surface area contributed by atoms with Gasteiger partial charge in [-0.25, -0.2) is 8.42 Å². The molecule has 0 saturated carbocycles. The minimum Gasteiger partial charge on any atom is -0.216 e. The van der Waals surface area contributed by atoms with E-state index in [1.807, 2.05) is 0 Å². The van der Waals surface area contributed by atoms with E-state index in [4.69, 9.17) is 11.6 Å². The van der Waals surface area contributed by atoms with Crippen LogP contribution in [0.25, 0.3) is 0 Å². The summed E-state index contributed by atoms with van der Waals surface area (Å²) >= 11 is 8.94. The minimum atomic E-state index is -3.26. The molecule has 0 atom stereocenters. The van der Waals surface area contributed by atoms with E-state index in [0.29, 0.717) is 15.1 Å². The predicted octanol–water partition coefficient (Wildman–Crippen LogP) is 2.46. The fraction of sp³-hybridized carbons (Fsp3) is 0.111. The molecule has 1 aromatic carbocycles. The molecular weight excluding hydrogens is 288 g/mol. The zero-order chi connectivity index (χ0) is 10.8. The number of hydrogen-bond donors (Lipinski definition) is 0. The van der Waals surface area contributed by atoms with E-state index in [0.717, 1.165) is 6.26 Å². The first-order valence-electron chi connectivity index (χ1n) is 3.56. The maximum atomic E-state index is 10.8. The zero-order valence-corrected chi connectivity index (χ0v) is 10.4. The lowest BCUT2D eigenvalue weighted by atomic mass is 10.2. The summed E-state index contributed by atoms with van der Waals surface area (Å²) in [6, 6.07) is 4.97. The topological polar surface area (TPSA) is 34.1 Å². The Hall–Kier alpha value is -0.500. The van der Waals surface area contributed by atoms with E-state index in [9.17, 15) is 8.42 Å². The number of halogens is 2. The van der Waals surface area contributed by atoms with Gasteiger partial charge in [0.2, 0.25) is 9.84 Å². The van der Waals surface area contributed by atoms with Crippen LogP contribution in [-0.4, -0.2) is 14.7 Å². The molecule has 1 rings (SSSR count). The van der Waals surface area contributed by atoms with Crippen LogP contribution in [0.4, 0.5) is 0 Å². The van der Waals surface area contributed by atoms with Crippen molar-refractivity contribution in [3.63, 3.8) is 0 Å². The monoisotopic (exact) mass is 292 g/mol. The summed E-state index contributed by atoms with van der Waals surface area (Å²) < 4.78 is 22.2. The fourth-order valence-electron chi connectivity index (χ4n) is 0.739. The van der Waals surface area contributed by atoms with Crippen molar-refractivity contribution in [1.29, 1.82) is 0 Å². The van der Waals surface area contributed by atoms with E-state index in [2.05, 4.69) is 27.1 Å². The standard InChI is InChI=1S/C9H6BrClO2S/c1-14(12,13)5-4-7-2-3-8(11)6-9(7)10/h2-3,6H,1H3. The number of hydrogen-bond acceptors (Lipinski definition) is 2. The molecule has 0 N–H and O–H groups in total. The van der Waals surface area contributed by atoms with Crippen LogP contribution < -0.4 is 0 Å². The van der Waals surface area contributed by atoms with Crippen molar-refractivity contribution in [3.05, 3.63) is 33.3 Å². The Morgan fingerprint density at radius 1 is 1.43 bits per heavy atom. The van der Waals surface area contributed by atoms with Gasteiger partial charge in [0.05, 0.1) is 6.26 Å². The lowest BCUT2D eigenvalue weighted by Gasteiger charge is -1.95. The zero-order valence-electron chi connectivity index (χ0n) is 7.21. The van der Waals surface area contributed by atoms with Crippen LogP contribution in [0.5, 0.6) is 0 Å². The molecule has 0 saturated heterocycles. The Labute approximate surface area is 96.3 Å². The summed E-state index contributed by atoms with van der Waals surface area (Å²) in [4.78, 5) is 0. The second kappa shape index (κ2) is 4.35. The largest absolute Gasteiger partial charge is 0.216 e. The highest BCUT2D eigenvalue weighted by atomic mass is 79.9. The Bertz CT molecular complexity index is 511. The minimum absolute atomic E-state index is 0.571. The normalized spacial score (nSPS) is 10.5. The van der Waals surface area contributed by atoms with Gasteiger partial charge in [0.15, 0.2) is 0 Å². The summed E-state index contributed by atoms with van der Waals surface area (Å²) in [5.41, 5.74) is 0.597. The molecule has 0 aromatic heterocycles. The fourth-order valence-corrected chi connectivity index (χ4v) is 1.82. The Morgan fingerprint density at radius 2 is 2.07 bits per heavy atom. The van der Waals surface area contributed by atoms with Crippen molar-refractivity contribution in [3.8, 4) is 11.2 Å². The summed E-state index contributed by atoms with van der Waals surface area (Å²) in [7, 11) is -3.26. The van der Waals surface area contributed by atoms with Crippen LogP contribution in [0.3, 0.4) is 0 Å². The van der Waals surface area contributed by atoms with Crippen molar-refractivity contribution in [1.82, 2.24) is 0 Å². The van der Waals surface area contributed by atoms with Gasteiger partial charge in [-0.3, -0.25) is 0 Å². The van der Waals surface area contributed by atoms with Gasteiger partial charge in [-0.1, -0.05) is 11.6 Å². The van der Waals surface area contributed by atoms with Crippen LogP contribution in [0.15, 0.2) is 22.7 Å². The average molecular weight is 294 g/mol. The van der Waals surface area contributed by atoms with Crippen LogP contribution in [0.2, 0.25) is 5.02 Å². The van der Waals surface area contributed by atoms with Crippen LogP contribution in [0.1, 0.15) is 5.56 Å². The quantitative estimate of drug-likeness (QED) is 0.689. The maximum absolute atomic E-state index is 10.8. The second-order valence-electron chi connectivity index (χ2n) is 2.62. The van der Waals surface area contributed by atoms with Gasteiger partial charge in [0.1, 0.15) is 0 Å². The molecule has 0 unspecified atom stereocenters. The maximum Gasteiger partial charge on any atom is 0.214 e. The highest BCUT2D eigenvalue weighted by Crippen LogP contribution is 2.20. The molecule has 0 amide bonds. The first kappa shape index (κ1) is 11.6. The lowest BCUT2D eigenvalue weighted by Crippen LogP contribution is -1.89. The third-order valence-corrected chi connectivity index (χ3v) is 2.67. The molecular formula is C9H6BrClO2S. The molecule has 0 fully saturated rings. The number of rotatable bonds is 0. The first-order chi connectivity index (χ1) is 6.38. The van der Waals surface area contributed by atoms with Crippen molar-refractivity contribution in [2.45, 2.75) is 0 Å². The molecule has 0 heterocycles. The van der Waals surface area contributed by atoms with E-state index in [1.54, 1.807) is 18.2 Å². The van der Waals surface area contributed by atoms with Crippen LogP contribution in [0, 0.1) is 11.2 Å². The molecule has 0 aliphatic rings. The predicted molar refractivity (Wildman–Crippen MR) is 60.9 cm³/mol. The average Bonchev–Trinajstić information content (AvgIpc) is 2.00. The second-order valence-corrected chi connectivity index (χ2v) is 5.66. The molecule has 0 aliphatic carbocycles. The van der Waals surface area contributed by atoms with Crippen LogP contribution >= 0.6 is 27.5 Å². The van der Waals surface area contributed by atoms with Crippen molar-refractivity contribution in [2.24, 2.45) is 0 Å². The molecule has 0 spiro atoms. The summed E-state index contributed by atoms with van der Waals surface area (Å²) in [5.74, 6) is 2.54. The Kier molecular flexibility index (Phi) is 3.59. The highest BCUT2D eigenvalue weighted by Gasteiger charge is 1.98. The molecule has 0 aliphatic heterocycles. The molecule has 5 heteroatoms. The number of benzene rings is 1. The van der Waals surface area contributed by atoms with Crippen molar-refractivity contribution >= 4 is 37.4 Å². The van der Waals surface area contributed by atoms with Crippen LogP contribution in [-0.2, 0) is 9.84 Å². The van der Waals surface area contributed by atoms with Gasteiger partial charge in [0.25, 0.3) is 0 Å². The van der Waals surface area contributed by atoms with Gasteiger partial charge < -0.3 is 0 Å². The summed E-state index contributed by atoms with van der Waals surface area (Å²) in [6.07, 6.45) is 1.06. The first-order valence-corrected chi connectivity index (χ1v) is 6.62. The molecule has 1 aromatic rings. The van der Waals surface area contributed by atoms with Crippen molar-refractivity contribution in [2.75, 3.05) is 6.26 Å². The third-order valence-electron chi connectivity index (χ3n) is 1.30. The molecule has 0 bridgehead atoms. The van der Waals surface area contributed by atoms with Gasteiger partial charge in [-0.2, -0.15) is 0 Å². The highest BCUT2D eigenvalue weighted by molar-refractivity contribution is 9.10. The smallest absolute Gasteiger partial charge is 0.214 e. The Balaban J connectivity index is 3.15. The molecule has 2 nitrogen and oxygen atoms in total. The third kappa shape index (κ3) is 3.70. The van der Waals surface area contributed by atoms with Gasteiger partial charge in [0, 0.05) is 20.3 Å². The number of sulfone groups is 1. The van der Waals surface area contributed by atoms with Gasteiger partial charge >= 0.3 is 0 Å². The SMILES string of the molecule is CS(=O)(=O)C#Cc1ccc(Cl)cc1Br. The van der Waals surface area contributed by atoms with E-state index in [1.165, 1.54) is 0 Å². The van der Waals surface area contributed by atoms with Gasteiger partial charge in [-0.15, -0.1) is 0 Å². The van der Waals surface area contributed by atoms with E-state index in [-0.39, 0.29) is 0 Å². The molecule has 14 heavy (non-hydrogen) atoms. The van der Waals surface area contributed by atoms with E-state index < -0.39 is 9.84 Å². The summed E-state index contributed by atoms with van der Waals surface area (Å²) in [5, 5.41) is 2.72. The van der Waals surface area contributed by atoms with Crippen molar-refractivity contribution < 1.29 is 8.42 Å². The lowest BCUT2D eigenvalue weighted by molar-refractivity contribution is 0.611. The van der Waals surface area contributed by atoms with E-state index >= 15 is 0 Å².